The zero-order chi connectivity index (χ0) is 56.8. The number of hydrogen-bond donors (Lipinski definition) is 1. The number of ether oxygens (including phenoxy) is 4. The van der Waals surface area contributed by atoms with Crippen molar-refractivity contribution in [2.45, 2.75) is 195 Å². The highest BCUT2D eigenvalue weighted by atomic mass is 16.5. The van der Waals surface area contributed by atoms with Crippen LogP contribution in [0.1, 0.15) is 140 Å². The first-order chi connectivity index (χ1) is 35.2. The lowest BCUT2D eigenvalue weighted by Crippen LogP contribution is -2.62. The molecule has 0 spiro atoms. The number of allylic oxidation sites excluding steroid dienone is 2. The third kappa shape index (κ3) is 16.0. The molecule has 0 aromatic carbocycles. The summed E-state index contributed by atoms with van der Waals surface area (Å²) in [5, 5.41) is 11.1. The van der Waals surface area contributed by atoms with E-state index in [1.54, 1.807) is 41.7 Å². The molecule has 426 valence electrons. The molecular formula is C56H94N6O13. The number of likely N-dealkylation sites (N-methyl/N-ethyl adjacent to an activating group) is 4. The number of aliphatic hydroxyl groups is 1. The van der Waals surface area contributed by atoms with Gasteiger partial charge in [-0.2, -0.15) is 0 Å². The highest BCUT2D eigenvalue weighted by molar-refractivity contribution is 5.98. The van der Waals surface area contributed by atoms with Gasteiger partial charge in [0.05, 0.1) is 25.7 Å². The second kappa shape index (κ2) is 29.5. The van der Waals surface area contributed by atoms with E-state index in [4.69, 9.17) is 18.9 Å². The van der Waals surface area contributed by atoms with Crippen LogP contribution in [-0.4, -0.2) is 199 Å². The fraction of sp³-hybridized carbons (Fsp3) is 0.786. The van der Waals surface area contributed by atoms with Crippen LogP contribution in [0.3, 0.4) is 0 Å². The number of methoxy groups -OCH3 is 2. The Labute approximate surface area is 448 Å². The molecule has 3 aliphatic rings. The summed E-state index contributed by atoms with van der Waals surface area (Å²) in [5.74, 6) is -5.91. The smallest absolute Gasteiger partial charge is 0.329 e. The zero-order valence-corrected chi connectivity index (χ0v) is 48.5. The van der Waals surface area contributed by atoms with E-state index in [9.17, 15) is 43.5 Å². The van der Waals surface area contributed by atoms with Crippen molar-refractivity contribution < 1.29 is 62.4 Å². The largest absolute Gasteiger partial charge is 0.496 e. The number of aliphatic hydroxyl groups excluding tert-OH is 1. The van der Waals surface area contributed by atoms with Crippen molar-refractivity contribution in [1.29, 1.82) is 0 Å². The van der Waals surface area contributed by atoms with Crippen LogP contribution in [-0.2, 0) is 57.3 Å². The van der Waals surface area contributed by atoms with Crippen LogP contribution >= 0.6 is 0 Å². The van der Waals surface area contributed by atoms with Crippen molar-refractivity contribution in [1.82, 2.24) is 29.4 Å². The van der Waals surface area contributed by atoms with Crippen molar-refractivity contribution in [3.63, 3.8) is 0 Å². The summed E-state index contributed by atoms with van der Waals surface area (Å²) < 4.78 is 23.1. The summed E-state index contributed by atoms with van der Waals surface area (Å²) in [5.41, 5.74) is 0.639. The quantitative estimate of drug-likeness (QED) is 0.310. The van der Waals surface area contributed by atoms with Crippen molar-refractivity contribution in [3.05, 3.63) is 23.5 Å². The topological polar surface area (TPSA) is 213 Å². The molecule has 3 rings (SSSR count). The molecule has 0 radical (unpaired) electrons. The summed E-state index contributed by atoms with van der Waals surface area (Å²) in [6.45, 7) is 20.3. The molecule has 6 amide bonds. The molecule has 3 heterocycles. The van der Waals surface area contributed by atoms with E-state index in [0.29, 0.717) is 69.9 Å². The highest BCUT2D eigenvalue weighted by Crippen LogP contribution is 2.29. The lowest BCUT2D eigenvalue weighted by Gasteiger charge is -2.41. The van der Waals surface area contributed by atoms with Crippen LogP contribution in [0, 0.1) is 29.6 Å². The molecule has 0 aromatic rings. The average molecular weight is 1060 g/mol. The Morgan fingerprint density at radius 2 is 1.20 bits per heavy atom. The van der Waals surface area contributed by atoms with Gasteiger partial charge in [0.1, 0.15) is 54.2 Å². The Bertz CT molecular complexity index is 2040. The van der Waals surface area contributed by atoms with E-state index >= 15 is 0 Å². The standard InChI is InChI=1S/C56H94N6O13/c1-18-35(7)49-53(68)60(15)47(33(3)4)52(67)57(12)43(32-72-16)51(66)61-29-21-24-41(61)50(65)59(14)48(34(5)6)54(69)62-30-22-25-42(62)56(71)75-40(19-2)23-20-26-44(63)38(10)55(70)74-39(11)36(8)27-28-37(9)45(73-17)31-46(64)58(49)13/h28,31,33-36,38-44,47-49,63H,18-27,29-30,32H2,1-17H3/t35-,36-,38+,39+,40+,41-,42-,43-,44+,47-,48+,49-/m0/s1. The average Bonchev–Trinajstić information content (AvgIpc) is 4.08. The van der Waals surface area contributed by atoms with Gasteiger partial charge in [0.15, 0.2) is 0 Å². The molecule has 19 heteroatoms. The Balaban J connectivity index is 2.11. The van der Waals surface area contributed by atoms with Crippen LogP contribution in [0.2, 0.25) is 0 Å². The predicted molar refractivity (Wildman–Crippen MR) is 284 cm³/mol. The van der Waals surface area contributed by atoms with Crippen LogP contribution in [0.15, 0.2) is 23.5 Å². The highest BCUT2D eigenvalue weighted by Gasteiger charge is 2.47. The monoisotopic (exact) mass is 1060 g/mol. The Morgan fingerprint density at radius 1 is 0.653 bits per heavy atom. The first-order valence-corrected chi connectivity index (χ1v) is 27.4. The maximum atomic E-state index is 14.8. The fourth-order valence-electron chi connectivity index (χ4n) is 10.6. The van der Waals surface area contributed by atoms with Crippen molar-refractivity contribution in [2.24, 2.45) is 29.6 Å². The molecular weight excluding hydrogens is 965 g/mol. The summed E-state index contributed by atoms with van der Waals surface area (Å²) in [4.78, 5) is 123. The Morgan fingerprint density at radius 3 is 1.75 bits per heavy atom. The maximum Gasteiger partial charge on any atom is 0.329 e. The number of esters is 2. The third-order valence-corrected chi connectivity index (χ3v) is 16.0. The van der Waals surface area contributed by atoms with Crippen molar-refractivity contribution in [3.8, 4) is 0 Å². The van der Waals surface area contributed by atoms with E-state index in [1.165, 1.54) is 70.8 Å². The zero-order valence-electron chi connectivity index (χ0n) is 48.5. The summed E-state index contributed by atoms with van der Waals surface area (Å²) in [6.07, 6.45) is 5.49. The molecule has 0 aromatic heterocycles. The number of amides is 6. The van der Waals surface area contributed by atoms with E-state index in [0.717, 1.165) is 0 Å². The molecule has 0 unspecified atom stereocenters. The molecule has 75 heavy (non-hydrogen) atoms. The summed E-state index contributed by atoms with van der Waals surface area (Å²) >= 11 is 0. The van der Waals surface area contributed by atoms with Crippen LogP contribution in [0.4, 0.5) is 0 Å². The van der Waals surface area contributed by atoms with E-state index in [2.05, 4.69) is 0 Å². The van der Waals surface area contributed by atoms with E-state index in [-0.39, 0.29) is 43.1 Å². The first kappa shape index (κ1) is 64.2. The molecule has 3 aliphatic heterocycles. The summed E-state index contributed by atoms with van der Waals surface area (Å²) in [6, 6.07) is -6.08. The number of carbonyl (C=O) groups is 8. The molecule has 0 bridgehead atoms. The van der Waals surface area contributed by atoms with Crippen LogP contribution in [0.5, 0.6) is 0 Å². The SMILES string of the molecule is CC[C@@H]1CCC[C@@H](O)[C@@H](C)C(=O)O[C@H](C)[C@@H](C)CC=C(C)C(OC)=CC(=O)N(C)[C@@H]([C@@H](C)CC)C(=O)N(C)[C@@H](C(C)C)C(=O)N(C)[C@@H](COC)C(=O)N2CCC[C@H]2C(=O)N(C)[C@H](C(C)C)C(=O)N2CCC[C@H]2C(=O)O1. The van der Waals surface area contributed by atoms with Crippen molar-refractivity contribution >= 4 is 47.4 Å². The van der Waals surface area contributed by atoms with Gasteiger partial charge in [-0.05, 0) is 108 Å². The maximum absolute atomic E-state index is 14.8. The normalized spacial score (nSPS) is 30.7. The van der Waals surface area contributed by atoms with Gasteiger partial charge in [-0.15, -0.1) is 0 Å². The van der Waals surface area contributed by atoms with E-state index < -0.39 is 114 Å². The fourth-order valence-corrected chi connectivity index (χ4v) is 10.6. The van der Waals surface area contributed by atoms with Gasteiger partial charge >= 0.3 is 11.9 Å². The molecule has 2 saturated heterocycles. The first-order valence-electron chi connectivity index (χ1n) is 27.4. The van der Waals surface area contributed by atoms with Gasteiger partial charge in [0.2, 0.25) is 29.5 Å². The third-order valence-electron chi connectivity index (χ3n) is 16.0. The van der Waals surface area contributed by atoms with Gasteiger partial charge in [-0.1, -0.05) is 67.9 Å². The minimum atomic E-state index is -1.19. The Hall–Kier alpha value is -5.04. The predicted octanol–water partition coefficient (Wildman–Crippen LogP) is 5.22. The second-order valence-electron chi connectivity index (χ2n) is 22.1. The number of hydrogen-bond acceptors (Lipinski definition) is 13. The number of fused-ring (bicyclic) bond motifs is 2. The number of nitrogens with zero attached hydrogens (tertiary/aromatic N) is 6. The van der Waals surface area contributed by atoms with Gasteiger partial charge in [-0.3, -0.25) is 33.6 Å². The number of carbonyl (C=O) groups excluding carboxylic acids is 8. The second-order valence-corrected chi connectivity index (χ2v) is 22.1. The Kier molecular flexibility index (Phi) is 25.2. The van der Waals surface area contributed by atoms with Gasteiger partial charge in [-0.25, -0.2) is 4.79 Å². The molecule has 2 fully saturated rings. The van der Waals surface area contributed by atoms with Crippen LogP contribution in [0.25, 0.3) is 0 Å². The summed E-state index contributed by atoms with van der Waals surface area (Å²) in [7, 11) is 8.94. The van der Waals surface area contributed by atoms with Gasteiger partial charge in [0, 0.05) is 54.5 Å². The molecule has 19 nitrogen and oxygen atoms in total. The number of rotatable bonds is 8. The molecule has 12 atom stereocenters. The van der Waals surface area contributed by atoms with Gasteiger partial charge in [0.25, 0.3) is 5.91 Å². The van der Waals surface area contributed by atoms with Crippen molar-refractivity contribution in [2.75, 3.05) is 62.1 Å². The lowest BCUT2D eigenvalue weighted by atomic mass is 9.93. The minimum Gasteiger partial charge on any atom is -0.496 e. The van der Waals surface area contributed by atoms with E-state index in [1.807, 2.05) is 47.6 Å². The number of cyclic esters (lactones) is 2. The molecule has 1 N–H and O–H groups in total. The molecule has 0 aliphatic carbocycles. The lowest BCUT2D eigenvalue weighted by molar-refractivity contribution is -0.162. The van der Waals surface area contributed by atoms with Gasteiger partial charge < -0.3 is 53.5 Å². The van der Waals surface area contributed by atoms with Crippen LogP contribution < -0.4 is 0 Å². The minimum absolute atomic E-state index is 0.165. The molecule has 0 saturated carbocycles.